The Hall–Kier alpha value is -2.11. The van der Waals surface area contributed by atoms with Gasteiger partial charge in [-0.15, -0.1) is 0 Å². The third kappa shape index (κ3) is 2.97. The molecule has 0 bridgehead atoms. The van der Waals surface area contributed by atoms with E-state index in [2.05, 4.69) is 11.1 Å². The smallest absolute Gasteiger partial charge is 0.148 e. The number of benzene rings is 2. The van der Waals surface area contributed by atoms with Crippen molar-refractivity contribution in [2.24, 2.45) is 4.99 Å². The zero-order valence-corrected chi connectivity index (χ0v) is 10.6. The van der Waals surface area contributed by atoms with Crippen molar-refractivity contribution in [3.8, 4) is 6.07 Å². The van der Waals surface area contributed by atoms with E-state index in [0.717, 1.165) is 16.8 Å². The summed E-state index contributed by atoms with van der Waals surface area (Å²) in [7, 11) is 0. The van der Waals surface area contributed by atoms with Crippen LogP contribution < -0.4 is 0 Å². The van der Waals surface area contributed by atoms with E-state index in [1.54, 1.807) is 24.3 Å². The molecule has 0 aliphatic carbocycles. The lowest BCUT2D eigenvalue weighted by Crippen LogP contribution is -1.95. The highest BCUT2D eigenvalue weighted by Gasteiger charge is 2.02. The van der Waals surface area contributed by atoms with Crippen LogP contribution in [-0.2, 0) is 0 Å². The summed E-state index contributed by atoms with van der Waals surface area (Å²) in [6.45, 7) is 1.99. The van der Waals surface area contributed by atoms with Gasteiger partial charge in [0.2, 0.25) is 0 Å². The van der Waals surface area contributed by atoms with Crippen LogP contribution >= 0.6 is 11.6 Å². The van der Waals surface area contributed by atoms with Crippen molar-refractivity contribution >= 4 is 23.0 Å². The lowest BCUT2D eigenvalue weighted by molar-refractivity contribution is 1.42. The zero-order valence-electron chi connectivity index (χ0n) is 9.89. The predicted molar refractivity (Wildman–Crippen MR) is 74.4 cm³/mol. The first-order chi connectivity index (χ1) is 8.69. The summed E-state index contributed by atoms with van der Waals surface area (Å²) in [6.07, 6.45) is 0. The molecule has 88 valence electrons. The second kappa shape index (κ2) is 5.48. The number of aliphatic imine (C=N–C) groups is 1. The monoisotopic (exact) mass is 254 g/mol. The molecule has 2 aromatic rings. The maximum absolute atomic E-state index is 9.17. The van der Waals surface area contributed by atoms with Crippen LogP contribution in [-0.4, -0.2) is 5.71 Å². The Bertz CT molecular complexity index is 622. The number of hydrogen-bond acceptors (Lipinski definition) is 2. The lowest BCUT2D eigenvalue weighted by Gasteiger charge is -2.00. The third-order valence-electron chi connectivity index (χ3n) is 2.47. The molecule has 0 unspecified atom stereocenters. The molecule has 0 aromatic heterocycles. The second-order valence-corrected chi connectivity index (χ2v) is 4.35. The molecule has 0 radical (unpaired) electrons. The van der Waals surface area contributed by atoms with E-state index >= 15 is 0 Å². The van der Waals surface area contributed by atoms with Crippen LogP contribution in [0.2, 0.25) is 5.02 Å². The molecular weight excluding hydrogens is 244 g/mol. The molecule has 0 aliphatic rings. The highest BCUT2D eigenvalue weighted by Crippen LogP contribution is 2.16. The molecule has 0 N–H and O–H groups in total. The van der Waals surface area contributed by atoms with Crippen LogP contribution in [0.5, 0.6) is 0 Å². The van der Waals surface area contributed by atoms with Gasteiger partial charge in [0, 0.05) is 10.6 Å². The summed E-state index contributed by atoms with van der Waals surface area (Å²) >= 11 is 5.82. The summed E-state index contributed by atoms with van der Waals surface area (Å²) in [6, 6.07) is 16.9. The van der Waals surface area contributed by atoms with Gasteiger partial charge in [0.1, 0.15) is 11.8 Å². The zero-order chi connectivity index (χ0) is 13.0. The molecule has 0 heterocycles. The summed E-state index contributed by atoms with van der Waals surface area (Å²) in [5, 5.41) is 9.81. The normalized spacial score (nSPS) is 11.1. The topological polar surface area (TPSA) is 36.1 Å². The highest BCUT2D eigenvalue weighted by molar-refractivity contribution is 6.30. The van der Waals surface area contributed by atoms with Gasteiger partial charge in [-0.3, -0.25) is 0 Å². The predicted octanol–water partition coefficient (Wildman–Crippen LogP) is 4.29. The maximum Gasteiger partial charge on any atom is 0.148 e. The summed E-state index contributed by atoms with van der Waals surface area (Å²) < 4.78 is 0. The molecule has 0 amide bonds. The van der Waals surface area contributed by atoms with Crippen molar-refractivity contribution in [3.05, 3.63) is 64.7 Å². The Balaban J connectivity index is 2.40. The fourth-order valence-electron chi connectivity index (χ4n) is 1.59. The minimum absolute atomic E-state index is 0.386. The Morgan fingerprint density at radius 3 is 2.50 bits per heavy atom. The number of halogens is 1. The molecule has 3 heteroatoms. The Labute approximate surface area is 111 Å². The summed E-state index contributed by atoms with van der Waals surface area (Å²) in [5.41, 5.74) is 3.05. The molecule has 2 rings (SSSR count). The van der Waals surface area contributed by atoms with Gasteiger partial charge < -0.3 is 0 Å². The largest absolute Gasteiger partial charge is 0.237 e. The molecule has 0 fully saturated rings. The average molecular weight is 255 g/mol. The van der Waals surface area contributed by atoms with Crippen LogP contribution in [0.4, 0.5) is 5.69 Å². The van der Waals surface area contributed by atoms with E-state index in [1.165, 1.54) is 0 Å². The molecule has 0 atom stereocenters. The van der Waals surface area contributed by atoms with Crippen molar-refractivity contribution < 1.29 is 0 Å². The van der Waals surface area contributed by atoms with Gasteiger partial charge in [-0.25, -0.2) is 4.99 Å². The first-order valence-electron chi connectivity index (χ1n) is 5.50. The van der Waals surface area contributed by atoms with Crippen LogP contribution in [0, 0.1) is 18.3 Å². The first-order valence-corrected chi connectivity index (χ1v) is 5.88. The molecule has 0 saturated carbocycles. The van der Waals surface area contributed by atoms with Crippen molar-refractivity contribution in [1.82, 2.24) is 0 Å². The average Bonchev–Trinajstić information content (AvgIpc) is 2.37. The van der Waals surface area contributed by atoms with E-state index < -0.39 is 0 Å². The van der Waals surface area contributed by atoms with Crippen LogP contribution in [0.3, 0.4) is 0 Å². The Morgan fingerprint density at radius 1 is 1.17 bits per heavy atom. The minimum Gasteiger partial charge on any atom is -0.237 e. The van der Waals surface area contributed by atoms with Gasteiger partial charge in [-0.2, -0.15) is 5.26 Å². The quantitative estimate of drug-likeness (QED) is 0.737. The van der Waals surface area contributed by atoms with Crippen molar-refractivity contribution in [3.63, 3.8) is 0 Å². The van der Waals surface area contributed by atoms with Crippen molar-refractivity contribution in [2.45, 2.75) is 6.92 Å². The Morgan fingerprint density at radius 2 is 1.89 bits per heavy atom. The fraction of sp³-hybridized carbons (Fsp3) is 0.0667. The number of rotatable bonds is 2. The number of aryl methyl sites for hydroxylation is 1. The van der Waals surface area contributed by atoms with E-state index in [-0.39, 0.29) is 0 Å². The molecule has 18 heavy (non-hydrogen) atoms. The van der Waals surface area contributed by atoms with Crippen LogP contribution in [0.1, 0.15) is 11.1 Å². The third-order valence-corrected chi connectivity index (χ3v) is 2.72. The van der Waals surface area contributed by atoms with Gasteiger partial charge >= 0.3 is 0 Å². The van der Waals surface area contributed by atoms with Gasteiger partial charge in [-0.05, 0) is 36.8 Å². The van der Waals surface area contributed by atoms with E-state index in [9.17, 15) is 0 Å². The van der Waals surface area contributed by atoms with Crippen molar-refractivity contribution in [1.29, 1.82) is 5.26 Å². The molecular formula is C15H11ClN2. The van der Waals surface area contributed by atoms with Crippen LogP contribution in [0.15, 0.2) is 53.5 Å². The SMILES string of the molecule is Cc1cccc(/N=C(\C#N)c2ccc(Cl)cc2)c1. The van der Waals surface area contributed by atoms with Gasteiger partial charge in [0.05, 0.1) is 5.69 Å². The number of nitrogens with zero attached hydrogens (tertiary/aromatic N) is 2. The number of nitriles is 1. The van der Waals surface area contributed by atoms with Gasteiger partial charge in [-0.1, -0.05) is 35.9 Å². The molecule has 0 saturated heterocycles. The highest BCUT2D eigenvalue weighted by atomic mass is 35.5. The second-order valence-electron chi connectivity index (χ2n) is 3.92. The molecule has 2 aromatic carbocycles. The number of hydrogen-bond donors (Lipinski definition) is 0. The molecule has 0 spiro atoms. The Kier molecular flexibility index (Phi) is 3.76. The van der Waals surface area contributed by atoms with Crippen molar-refractivity contribution in [2.75, 3.05) is 0 Å². The maximum atomic E-state index is 9.17. The minimum atomic E-state index is 0.386. The lowest BCUT2D eigenvalue weighted by atomic mass is 10.1. The van der Waals surface area contributed by atoms with E-state index in [0.29, 0.717) is 10.7 Å². The first kappa shape index (κ1) is 12.3. The summed E-state index contributed by atoms with van der Waals surface area (Å²) in [4.78, 5) is 4.35. The molecule has 2 nitrogen and oxygen atoms in total. The fourth-order valence-corrected chi connectivity index (χ4v) is 1.71. The van der Waals surface area contributed by atoms with E-state index in [4.69, 9.17) is 16.9 Å². The summed E-state index contributed by atoms with van der Waals surface area (Å²) in [5.74, 6) is 0. The molecule has 0 aliphatic heterocycles. The standard InChI is InChI=1S/C15H11ClN2/c1-11-3-2-4-14(9-11)18-15(10-17)12-5-7-13(16)8-6-12/h2-9H,1H3/b18-15+. The van der Waals surface area contributed by atoms with E-state index in [1.807, 2.05) is 31.2 Å². The van der Waals surface area contributed by atoms with Crippen LogP contribution in [0.25, 0.3) is 0 Å². The van der Waals surface area contributed by atoms with Gasteiger partial charge in [0.25, 0.3) is 0 Å². The van der Waals surface area contributed by atoms with Gasteiger partial charge in [0.15, 0.2) is 0 Å².